The Morgan fingerprint density at radius 3 is 2.54 bits per heavy atom. The van der Waals surface area contributed by atoms with Crippen molar-refractivity contribution < 1.29 is 13.2 Å². The Labute approximate surface area is 204 Å². The van der Waals surface area contributed by atoms with Crippen LogP contribution in [0, 0.1) is 0 Å². The second-order valence-corrected chi connectivity index (χ2v) is 8.87. The number of rotatable bonds is 4. The van der Waals surface area contributed by atoms with Crippen LogP contribution in [0.4, 0.5) is 13.2 Å². The molecule has 0 saturated carbocycles. The van der Waals surface area contributed by atoms with Crippen molar-refractivity contribution >= 4 is 11.6 Å². The number of halogens is 4. The van der Waals surface area contributed by atoms with Crippen molar-refractivity contribution in [3.63, 3.8) is 0 Å². The summed E-state index contributed by atoms with van der Waals surface area (Å²) in [5.74, 6) is 0.522. The van der Waals surface area contributed by atoms with Crippen molar-refractivity contribution in [2.75, 3.05) is 6.54 Å². The zero-order chi connectivity index (χ0) is 24.6. The van der Waals surface area contributed by atoms with Gasteiger partial charge >= 0.3 is 6.18 Å². The minimum atomic E-state index is -4.40. The van der Waals surface area contributed by atoms with Crippen molar-refractivity contribution in [2.24, 2.45) is 0 Å². The molecular weight excluding hydrogens is 477 g/mol. The molecule has 5 rings (SSSR count). The van der Waals surface area contributed by atoms with E-state index in [0.717, 1.165) is 35.5 Å². The first-order chi connectivity index (χ1) is 16.8. The van der Waals surface area contributed by atoms with Gasteiger partial charge in [-0.15, -0.1) is 0 Å². The molecule has 5 nitrogen and oxygen atoms in total. The van der Waals surface area contributed by atoms with E-state index in [1.807, 2.05) is 18.2 Å². The molecule has 3 heterocycles. The molecule has 35 heavy (non-hydrogen) atoms. The molecule has 0 spiro atoms. The summed E-state index contributed by atoms with van der Waals surface area (Å²) < 4.78 is 39.0. The molecule has 0 unspecified atom stereocenters. The number of nitrogens with one attached hydrogen (secondary N) is 1. The molecule has 1 aliphatic rings. The van der Waals surface area contributed by atoms with Gasteiger partial charge in [-0.25, -0.2) is 4.98 Å². The lowest BCUT2D eigenvalue weighted by Gasteiger charge is -2.27. The number of fused-ring (bicyclic) bond motifs is 1. The molecule has 1 aliphatic heterocycles. The lowest BCUT2D eigenvalue weighted by atomic mass is 10.0. The molecule has 0 atom stereocenters. The molecule has 0 amide bonds. The first kappa shape index (κ1) is 23.3. The Morgan fingerprint density at radius 1 is 1.03 bits per heavy atom. The van der Waals surface area contributed by atoms with Crippen LogP contribution in [0.1, 0.15) is 22.4 Å². The SMILES string of the molecule is O=c1[nH]c(-c2ccc(Cl)cc2)nc2c1CN(Cc1ccc(-c3cccc(C(F)(F)F)c3)nc1)CC2. The maximum absolute atomic E-state index is 13.0. The van der Waals surface area contributed by atoms with Crippen molar-refractivity contribution in [3.8, 4) is 22.6 Å². The van der Waals surface area contributed by atoms with Gasteiger partial charge in [-0.3, -0.25) is 14.7 Å². The van der Waals surface area contributed by atoms with Gasteiger partial charge in [0.15, 0.2) is 0 Å². The van der Waals surface area contributed by atoms with Crippen LogP contribution >= 0.6 is 11.6 Å². The highest BCUT2D eigenvalue weighted by Gasteiger charge is 2.30. The van der Waals surface area contributed by atoms with Crippen LogP contribution in [-0.4, -0.2) is 26.4 Å². The predicted octanol–water partition coefficient (Wildman–Crippen LogP) is 5.73. The van der Waals surface area contributed by atoms with Gasteiger partial charge in [0.2, 0.25) is 0 Å². The zero-order valence-electron chi connectivity index (χ0n) is 18.4. The fraction of sp³-hybridized carbons (Fsp3) is 0.192. The van der Waals surface area contributed by atoms with Crippen LogP contribution in [0.3, 0.4) is 0 Å². The van der Waals surface area contributed by atoms with Gasteiger partial charge in [0.1, 0.15) is 5.82 Å². The Hall–Kier alpha value is -3.49. The van der Waals surface area contributed by atoms with E-state index in [9.17, 15) is 18.0 Å². The zero-order valence-corrected chi connectivity index (χ0v) is 19.2. The lowest BCUT2D eigenvalue weighted by molar-refractivity contribution is -0.137. The Morgan fingerprint density at radius 2 is 1.83 bits per heavy atom. The molecule has 0 fully saturated rings. The van der Waals surface area contributed by atoms with E-state index in [1.165, 1.54) is 6.07 Å². The van der Waals surface area contributed by atoms with E-state index >= 15 is 0 Å². The van der Waals surface area contributed by atoms with Gasteiger partial charge in [0.25, 0.3) is 5.56 Å². The number of H-pyrrole nitrogens is 1. The number of hydrogen-bond donors (Lipinski definition) is 1. The molecule has 4 aromatic rings. The average molecular weight is 497 g/mol. The monoisotopic (exact) mass is 496 g/mol. The number of alkyl halides is 3. The minimum absolute atomic E-state index is 0.164. The first-order valence-electron chi connectivity index (χ1n) is 11.0. The van der Waals surface area contributed by atoms with Crippen LogP contribution < -0.4 is 5.56 Å². The molecule has 0 saturated heterocycles. The molecule has 2 aromatic heterocycles. The summed E-state index contributed by atoms with van der Waals surface area (Å²) in [6.45, 7) is 1.74. The first-order valence-corrected chi connectivity index (χ1v) is 11.4. The maximum atomic E-state index is 13.0. The molecule has 2 aromatic carbocycles. The third-order valence-corrected chi connectivity index (χ3v) is 6.23. The summed E-state index contributed by atoms with van der Waals surface area (Å²) in [4.78, 5) is 26.8. The molecule has 0 aliphatic carbocycles. The topological polar surface area (TPSA) is 61.9 Å². The van der Waals surface area contributed by atoms with Crippen molar-refractivity contribution in [1.29, 1.82) is 0 Å². The van der Waals surface area contributed by atoms with Crippen molar-refractivity contribution in [2.45, 2.75) is 25.7 Å². The number of aromatic nitrogens is 3. The molecule has 1 N–H and O–H groups in total. The van der Waals surface area contributed by atoms with Gasteiger partial charge < -0.3 is 4.98 Å². The average Bonchev–Trinajstić information content (AvgIpc) is 2.85. The van der Waals surface area contributed by atoms with Crippen molar-refractivity contribution in [1.82, 2.24) is 19.9 Å². The number of benzene rings is 2. The van der Waals surface area contributed by atoms with Crippen molar-refractivity contribution in [3.05, 3.63) is 105 Å². The number of aromatic amines is 1. The van der Waals surface area contributed by atoms with E-state index in [0.29, 0.717) is 47.2 Å². The highest BCUT2D eigenvalue weighted by Crippen LogP contribution is 2.31. The molecular formula is C26H20ClF3N4O. The summed E-state index contributed by atoms with van der Waals surface area (Å²) >= 11 is 5.95. The van der Waals surface area contributed by atoms with Crippen LogP contribution in [0.25, 0.3) is 22.6 Å². The quantitative estimate of drug-likeness (QED) is 0.392. The molecule has 0 radical (unpaired) electrons. The van der Waals surface area contributed by atoms with Crippen LogP contribution in [-0.2, 0) is 25.7 Å². The lowest BCUT2D eigenvalue weighted by Crippen LogP contribution is -2.35. The number of nitrogens with zero attached hydrogens (tertiary/aromatic N) is 3. The number of pyridine rings is 1. The van der Waals surface area contributed by atoms with Crippen LogP contribution in [0.2, 0.25) is 5.02 Å². The maximum Gasteiger partial charge on any atom is 0.416 e. The Bertz CT molecular complexity index is 1420. The molecule has 9 heteroatoms. The third kappa shape index (κ3) is 5.13. The van der Waals surface area contributed by atoms with Gasteiger partial charge in [0.05, 0.1) is 22.5 Å². The molecule has 178 valence electrons. The van der Waals surface area contributed by atoms with E-state index in [4.69, 9.17) is 11.6 Å². The van der Waals surface area contributed by atoms with Crippen LogP contribution in [0.15, 0.2) is 71.7 Å². The third-order valence-electron chi connectivity index (χ3n) is 5.98. The van der Waals surface area contributed by atoms with E-state index in [2.05, 4.69) is 19.9 Å². The fourth-order valence-electron chi connectivity index (χ4n) is 4.16. The Balaban J connectivity index is 1.30. The second kappa shape index (κ2) is 9.28. The van der Waals surface area contributed by atoms with Gasteiger partial charge in [-0.05, 0) is 48.0 Å². The standard InChI is InChI=1S/C26H20ClF3N4O/c27-20-7-5-17(6-8-20)24-32-23-10-11-34(15-21(23)25(35)33-24)14-16-4-9-22(31-13-16)18-2-1-3-19(12-18)26(28,29)30/h1-9,12-13H,10-11,14-15H2,(H,32,33,35). The summed E-state index contributed by atoms with van der Waals surface area (Å²) in [6.07, 6.45) is -2.10. The van der Waals surface area contributed by atoms with Crippen LogP contribution in [0.5, 0.6) is 0 Å². The minimum Gasteiger partial charge on any atom is -0.306 e. The largest absolute Gasteiger partial charge is 0.416 e. The summed E-state index contributed by atoms with van der Waals surface area (Å²) in [5, 5.41) is 0.613. The summed E-state index contributed by atoms with van der Waals surface area (Å²) in [5.41, 5.74) is 3.14. The summed E-state index contributed by atoms with van der Waals surface area (Å²) in [6, 6.07) is 15.8. The summed E-state index contributed by atoms with van der Waals surface area (Å²) in [7, 11) is 0. The second-order valence-electron chi connectivity index (χ2n) is 8.44. The fourth-order valence-corrected chi connectivity index (χ4v) is 4.29. The highest BCUT2D eigenvalue weighted by atomic mass is 35.5. The number of hydrogen-bond acceptors (Lipinski definition) is 4. The van der Waals surface area contributed by atoms with Gasteiger partial charge in [-0.1, -0.05) is 29.8 Å². The predicted molar refractivity (Wildman–Crippen MR) is 128 cm³/mol. The van der Waals surface area contributed by atoms with E-state index < -0.39 is 11.7 Å². The normalized spacial score (nSPS) is 14.1. The smallest absolute Gasteiger partial charge is 0.306 e. The highest BCUT2D eigenvalue weighted by molar-refractivity contribution is 6.30. The Kier molecular flexibility index (Phi) is 6.17. The van der Waals surface area contributed by atoms with Gasteiger partial charge in [-0.2, -0.15) is 13.2 Å². The van der Waals surface area contributed by atoms with E-state index in [-0.39, 0.29) is 5.56 Å². The van der Waals surface area contributed by atoms with E-state index in [1.54, 1.807) is 30.5 Å². The van der Waals surface area contributed by atoms with Gasteiger partial charge in [0, 0.05) is 48.4 Å². The molecule has 0 bridgehead atoms.